The zero-order valence-corrected chi connectivity index (χ0v) is 17.1. The van der Waals surface area contributed by atoms with Crippen molar-refractivity contribution in [1.82, 2.24) is 4.90 Å². The zero-order chi connectivity index (χ0) is 19.1. The minimum atomic E-state index is -0.161. The highest BCUT2D eigenvalue weighted by molar-refractivity contribution is 6.00. The van der Waals surface area contributed by atoms with Crippen molar-refractivity contribution < 1.29 is 9.53 Å². The maximum Gasteiger partial charge on any atom is 0.233 e. The first-order valence-corrected chi connectivity index (χ1v) is 11.2. The summed E-state index contributed by atoms with van der Waals surface area (Å²) in [5.41, 5.74) is 2.19. The Bertz CT molecular complexity index is 713. The topological polar surface area (TPSA) is 36.0 Å². The molecule has 0 aromatic heterocycles. The zero-order valence-electron chi connectivity index (χ0n) is 17.1. The lowest BCUT2D eigenvalue weighted by molar-refractivity contribution is -0.130. The molecule has 2 atom stereocenters. The van der Waals surface area contributed by atoms with Crippen LogP contribution >= 0.6 is 0 Å². The van der Waals surface area contributed by atoms with Gasteiger partial charge in [-0.3, -0.25) is 9.69 Å². The molecule has 4 aliphatic rings. The van der Waals surface area contributed by atoms with Crippen molar-refractivity contribution in [2.45, 2.75) is 57.5 Å². The molecule has 4 aliphatic heterocycles. The number of anilines is 2. The van der Waals surface area contributed by atoms with Crippen LogP contribution in [0.5, 0.6) is 0 Å². The Balaban J connectivity index is 1.25. The summed E-state index contributed by atoms with van der Waals surface area (Å²) in [6.45, 7) is 8.21. The molecule has 5 nitrogen and oxygen atoms in total. The Hall–Kier alpha value is -1.59. The predicted molar refractivity (Wildman–Crippen MR) is 112 cm³/mol. The molecule has 0 bridgehead atoms. The molecule has 4 saturated heterocycles. The van der Waals surface area contributed by atoms with Crippen LogP contribution in [0.3, 0.4) is 0 Å². The Morgan fingerprint density at radius 1 is 0.964 bits per heavy atom. The first-order valence-electron chi connectivity index (χ1n) is 11.2. The van der Waals surface area contributed by atoms with Crippen LogP contribution in [0.1, 0.15) is 45.4 Å². The maximum absolute atomic E-state index is 13.1. The molecule has 1 amide bonds. The van der Waals surface area contributed by atoms with Crippen LogP contribution in [0, 0.1) is 5.41 Å². The fraction of sp³-hybridized carbons (Fsp3) is 0.696. The van der Waals surface area contributed by atoms with Crippen molar-refractivity contribution >= 4 is 17.3 Å². The molecule has 1 spiro atoms. The molecule has 5 rings (SSSR count). The Morgan fingerprint density at radius 3 is 2.43 bits per heavy atom. The second-order valence-corrected chi connectivity index (χ2v) is 9.23. The molecule has 4 fully saturated rings. The summed E-state index contributed by atoms with van der Waals surface area (Å²) in [5.74, 6) is 0.313. The van der Waals surface area contributed by atoms with Crippen LogP contribution in [0.4, 0.5) is 11.4 Å². The summed E-state index contributed by atoms with van der Waals surface area (Å²) < 4.78 is 5.49. The molecule has 0 aliphatic carbocycles. The Morgan fingerprint density at radius 2 is 1.71 bits per heavy atom. The van der Waals surface area contributed by atoms with Crippen molar-refractivity contribution in [3.63, 3.8) is 0 Å². The lowest BCUT2D eigenvalue weighted by Gasteiger charge is -2.31. The Labute approximate surface area is 168 Å². The number of nitrogens with zero attached hydrogens (tertiary/aromatic N) is 3. The largest absolute Gasteiger partial charge is 0.381 e. The van der Waals surface area contributed by atoms with Crippen LogP contribution in [0.15, 0.2) is 24.3 Å². The van der Waals surface area contributed by atoms with Gasteiger partial charge in [0.05, 0.1) is 5.41 Å². The van der Waals surface area contributed by atoms with E-state index in [2.05, 4.69) is 41.0 Å². The second-order valence-electron chi connectivity index (χ2n) is 9.23. The van der Waals surface area contributed by atoms with Gasteiger partial charge in [-0.15, -0.1) is 0 Å². The molecule has 1 aromatic rings. The fourth-order valence-electron chi connectivity index (χ4n) is 5.88. The third-order valence-electron chi connectivity index (χ3n) is 7.73. The number of rotatable bonds is 3. The maximum atomic E-state index is 13.1. The van der Waals surface area contributed by atoms with E-state index in [-0.39, 0.29) is 5.41 Å². The van der Waals surface area contributed by atoms with Crippen LogP contribution in [0.25, 0.3) is 0 Å². The molecular weight excluding hydrogens is 350 g/mol. The van der Waals surface area contributed by atoms with Gasteiger partial charge < -0.3 is 14.5 Å². The van der Waals surface area contributed by atoms with Gasteiger partial charge in [-0.25, -0.2) is 0 Å². The lowest BCUT2D eigenvalue weighted by Crippen LogP contribution is -2.39. The van der Waals surface area contributed by atoms with Gasteiger partial charge in [0.2, 0.25) is 5.91 Å². The fourth-order valence-corrected chi connectivity index (χ4v) is 5.88. The van der Waals surface area contributed by atoms with Crippen LogP contribution in [0.2, 0.25) is 0 Å². The summed E-state index contributed by atoms with van der Waals surface area (Å²) in [4.78, 5) is 20.3. The van der Waals surface area contributed by atoms with E-state index in [1.54, 1.807) is 0 Å². The molecule has 152 valence electrons. The van der Waals surface area contributed by atoms with E-state index in [0.717, 1.165) is 63.8 Å². The van der Waals surface area contributed by atoms with Crippen molar-refractivity contribution in [2.75, 3.05) is 49.2 Å². The average Bonchev–Trinajstić information content (AvgIpc) is 3.44. The van der Waals surface area contributed by atoms with Crippen LogP contribution in [-0.4, -0.2) is 62.3 Å². The summed E-state index contributed by atoms with van der Waals surface area (Å²) in [7, 11) is 0. The normalized spacial score (nSPS) is 30.7. The summed E-state index contributed by atoms with van der Waals surface area (Å²) in [5, 5.41) is 0. The van der Waals surface area contributed by atoms with E-state index >= 15 is 0 Å². The number of benzene rings is 1. The highest BCUT2D eigenvalue weighted by Crippen LogP contribution is 2.42. The molecule has 28 heavy (non-hydrogen) atoms. The number of amides is 1. The Kier molecular flexibility index (Phi) is 4.84. The minimum absolute atomic E-state index is 0.161. The number of carbonyl (C=O) groups excluding carboxylic acids is 1. The molecule has 0 N–H and O–H groups in total. The second kappa shape index (κ2) is 7.34. The summed E-state index contributed by atoms with van der Waals surface area (Å²) in [6.07, 6.45) is 6.70. The van der Waals surface area contributed by atoms with Crippen LogP contribution < -0.4 is 9.80 Å². The first kappa shape index (κ1) is 18.4. The van der Waals surface area contributed by atoms with Crippen molar-refractivity contribution in [3.05, 3.63) is 24.3 Å². The summed E-state index contributed by atoms with van der Waals surface area (Å²) >= 11 is 0. The molecule has 0 saturated carbocycles. The molecule has 1 aromatic carbocycles. The minimum Gasteiger partial charge on any atom is -0.381 e. The monoisotopic (exact) mass is 383 g/mol. The first-order chi connectivity index (χ1) is 13.7. The van der Waals surface area contributed by atoms with E-state index < -0.39 is 0 Å². The van der Waals surface area contributed by atoms with Crippen molar-refractivity contribution in [3.8, 4) is 0 Å². The highest BCUT2D eigenvalue weighted by atomic mass is 16.5. The SMILES string of the molecule is CC1CCCN1C1CCN(c2ccc(N3CCC4(CCOCC4)C3=O)cc2)C1. The predicted octanol–water partition coefficient (Wildman–Crippen LogP) is 3.28. The average molecular weight is 384 g/mol. The number of ether oxygens (including phenoxy) is 1. The van der Waals surface area contributed by atoms with Crippen molar-refractivity contribution in [1.29, 1.82) is 0 Å². The quantitative estimate of drug-likeness (QED) is 0.803. The smallest absolute Gasteiger partial charge is 0.233 e. The van der Waals surface area contributed by atoms with E-state index in [0.29, 0.717) is 11.9 Å². The highest BCUT2D eigenvalue weighted by Gasteiger charge is 2.47. The molecule has 5 heteroatoms. The van der Waals surface area contributed by atoms with Gasteiger partial charge >= 0.3 is 0 Å². The third-order valence-corrected chi connectivity index (χ3v) is 7.73. The number of likely N-dealkylation sites (tertiary alicyclic amines) is 1. The molecule has 0 radical (unpaired) electrons. The number of hydrogen-bond donors (Lipinski definition) is 0. The van der Waals surface area contributed by atoms with E-state index in [1.807, 2.05) is 4.90 Å². The van der Waals surface area contributed by atoms with Gasteiger partial charge in [0.25, 0.3) is 0 Å². The van der Waals surface area contributed by atoms with Gasteiger partial charge in [0.1, 0.15) is 0 Å². The summed E-state index contributed by atoms with van der Waals surface area (Å²) in [6, 6.07) is 10.2. The van der Waals surface area contributed by atoms with Gasteiger partial charge in [-0.2, -0.15) is 0 Å². The van der Waals surface area contributed by atoms with Crippen LogP contribution in [-0.2, 0) is 9.53 Å². The molecule has 2 unspecified atom stereocenters. The van der Waals surface area contributed by atoms with Gasteiger partial charge in [0.15, 0.2) is 0 Å². The number of carbonyl (C=O) groups is 1. The van der Waals surface area contributed by atoms with Gasteiger partial charge in [-0.05, 0) is 76.3 Å². The van der Waals surface area contributed by atoms with Gasteiger partial charge in [0, 0.05) is 56.3 Å². The lowest BCUT2D eigenvalue weighted by atomic mass is 9.79. The third kappa shape index (κ3) is 3.13. The standard InChI is InChI=1S/C23H33N3O2/c1-18-3-2-12-25(18)21-8-13-24(17-21)19-4-6-20(7-5-19)26-14-9-23(22(26)27)10-15-28-16-11-23/h4-7,18,21H,2-3,8-17H2,1H3. The van der Waals surface area contributed by atoms with Gasteiger partial charge in [-0.1, -0.05) is 0 Å². The van der Waals surface area contributed by atoms with E-state index in [4.69, 9.17) is 4.74 Å². The molecular formula is C23H33N3O2. The van der Waals surface area contributed by atoms with Crippen molar-refractivity contribution in [2.24, 2.45) is 5.41 Å². The number of hydrogen-bond acceptors (Lipinski definition) is 4. The molecule has 4 heterocycles. The van der Waals surface area contributed by atoms with E-state index in [1.165, 1.54) is 31.5 Å². The van der Waals surface area contributed by atoms with E-state index in [9.17, 15) is 4.79 Å².